The van der Waals surface area contributed by atoms with Crippen molar-refractivity contribution < 1.29 is 18.9 Å². The lowest BCUT2D eigenvalue weighted by Crippen LogP contribution is -2.30. The van der Waals surface area contributed by atoms with Crippen molar-refractivity contribution in [2.75, 3.05) is 17.2 Å². The van der Waals surface area contributed by atoms with Crippen molar-refractivity contribution in [3.05, 3.63) is 70.7 Å². The van der Waals surface area contributed by atoms with E-state index in [1.807, 2.05) is 35.8 Å². The van der Waals surface area contributed by atoms with E-state index < -0.39 is 0 Å². The minimum atomic E-state index is -0.379. The molecular formula is C33H46N3O3S+. The van der Waals surface area contributed by atoms with E-state index in [1.54, 1.807) is 29.5 Å². The number of urea groups is 1. The lowest BCUT2D eigenvalue weighted by Gasteiger charge is -2.16. The fourth-order valence-corrected chi connectivity index (χ4v) is 5.32. The molecular weight excluding hydrogens is 518 g/mol. The Bertz CT molecular complexity index is 1150. The second-order valence-corrected chi connectivity index (χ2v) is 11.2. The monoisotopic (exact) mass is 564 g/mol. The van der Waals surface area contributed by atoms with Crippen molar-refractivity contribution in [2.45, 2.75) is 97.4 Å². The normalized spacial score (nSPS) is 10.8. The summed E-state index contributed by atoms with van der Waals surface area (Å²) in [5.74, 6) is 0.351. The Morgan fingerprint density at radius 2 is 1.48 bits per heavy atom. The first-order chi connectivity index (χ1) is 19.6. The summed E-state index contributed by atoms with van der Waals surface area (Å²) in [6.45, 7) is 5.08. The second-order valence-electron chi connectivity index (χ2n) is 10.5. The van der Waals surface area contributed by atoms with Crippen LogP contribution >= 0.6 is 11.3 Å². The smallest absolute Gasteiger partial charge is 0.323 e. The van der Waals surface area contributed by atoms with Gasteiger partial charge in [0.25, 0.3) is 0 Å². The molecule has 6 nitrogen and oxygen atoms in total. The molecule has 2 aromatic carbocycles. The van der Waals surface area contributed by atoms with E-state index in [-0.39, 0.29) is 11.8 Å². The Morgan fingerprint density at radius 1 is 0.825 bits per heavy atom. The highest BCUT2D eigenvalue weighted by atomic mass is 32.1. The van der Waals surface area contributed by atoms with Crippen molar-refractivity contribution in [2.24, 2.45) is 0 Å². The van der Waals surface area contributed by atoms with Crippen LogP contribution < -0.4 is 19.9 Å². The number of hydrogen-bond donors (Lipinski definition) is 2. The molecule has 1 aromatic heterocycles. The van der Waals surface area contributed by atoms with Gasteiger partial charge in [-0.2, -0.15) is 4.57 Å². The predicted octanol–water partition coefficient (Wildman–Crippen LogP) is 9.01. The highest BCUT2D eigenvalue weighted by Gasteiger charge is 2.16. The van der Waals surface area contributed by atoms with E-state index in [9.17, 15) is 9.59 Å². The molecule has 0 fully saturated rings. The van der Waals surface area contributed by atoms with Gasteiger partial charge in [-0.1, -0.05) is 107 Å². The van der Waals surface area contributed by atoms with E-state index >= 15 is 0 Å². The van der Waals surface area contributed by atoms with Gasteiger partial charge >= 0.3 is 6.03 Å². The summed E-state index contributed by atoms with van der Waals surface area (Å²) in [6.07, 6.45) is 17.3. The molecule has 40 heavy (non-hydrogen) atoms. The van der Waals surface area contributed by atoms with Gasteiger partial charge in [0, 0.05) is 11.3 Å². The van der Waals surface area contributed by atoms with Gasteiger partial charge in [0.05, 0.1) is 23.2 Å². The number of carbonyl (C=O) groups is 2. The molecule has 0 radical (unpaired) electrons. The number of rotatable bonds is 19. The average molecular weight is 565 g/mol. The fraction of sp³-hybridized carbons (Fsp3) is 0.485. The summed E-state index contributed by atoms with van der Waals surface area (Å²) in [5.41, 5.74) is 4.88. The number of ketones is 1. The summed E-state index contributed by atoms with van der Waals surface area (Å²) < 4.78 is 8.19. The molecule has 0 spiro atoms. The lowest BCUT2D eigenvalue weighted by atomic mass is 10.1. The van der Waals surface area contributed by atoms with Crippen molar-refractivity contribution in [3.63, 3.8) is 0 Å². The molecule has 0 aliphatic carbocycles. The Morgan fingerprint density at radius 3 is 2.08 bits per heavy atom. The van der Waals surface area contributed by atoms with E-state index in [0.717, 1.165) is 24.9 Å². The van der Waals surface area contributed by atoms with Gasteiger partial charge < -0.3 is 15.4 Å². The molecule has 0 atom stereocenters. The zero-order valence-electron chi connectivity index (χ0n) is 24.3. The molecule has 3 aromatic rings. The maximum atomic E-state index is 12.8. The number of carbonyl (C=O) groups excluding carboxylic acids is 2. The van der Waals surface area contributed by atoms with Crippen LogP contribution in [0.4, 0.5) is 16.2 Å². The lowest BCUT2D eigenvalue weighted by molar-refractivity contribution is -0.683. The largest absolute Gasteiger partial charge is 0.491 e. The van der Waals surface area contributed by atoms with Gasteiger partial charge in [0.15, 0.2) is 24.3 Å². The maximum Gasteiger partial charge on any atom is 0.323 e. The summed E-state index contributed by atoms with van der Waals surface area (Å²) in [7, 11) is 0. The topological polar surface area (TPSA) is 71.3 Å². The van der Waals surface area contributed by atoms with Gasteiger partial charge in [0.1, 0.15) is 0 Å². The standard InChI is InChI=1S/C33H45N3O3S/c1-3-4-5-6-7-8-9-10-11-12-13-14-23-39-32-30(27(2)37)16-15-17-31(32)35-33(38)34-29-20-18-28(19-21-29)25-36-22-24-40-26-36/h15-22,24,26H,3-14,23,25H2,1-2H3,(H-,34,35,38)/p+1. The van der Waals surface area contributed by atoms with Gasteiger partial charge in [-0.15, -0.1) is 0 Å². The van der Waals surface area contributed by atoms with Crippen LogP contribution in [0.3, 0.4) is 0 Å². The Labute approximate surface area is 244 Å². The third-order valence-electron chi connectivity index (χ3n) is 6.99. The molecule has 0 bridgehead atoms. The number of para-hydroxylation sites is 1. The molecule has 0 aliphatic rings. The maximum absolute atomic E-state index is 12.8. The third kappa shape index (κ3) is 11.5. The van der Waals surface area contributed by atoms with Crippen LogP contribution in [-0.4, -0.2) is 18.4 Å². The minimum absolute atomic E-state index is 0.0900. The summed E-state index contributed by atoms with van der Waals surface area (Å²) in [6, 6.07) is 12.7. The molecule has 7 heteroatoms. The predicted molar refractivity (Wildman–Crippen MR) is 166 cm³/mol. The van der Waals surface area contributed by atoms with Crippen LogP contribution in [0, 0.1) is 0 Å². The van der Waals surface area contributed by atoms with Crippen LogP contribution in [-0.2, 0) is 6.54 Å². The SMILES string of the molecule is CCCCCCCCCCCCCCOc1c(NC(=O)Nc2ccc(C[n+]3ccsc3)cc2)cccc1C(C)=O. The van der Waals surface area contributed by atoms with Crippen LogP contribution in [0.5, 0.6) is 5.75 Å². The number of amides is 2. The van der Waals surface area contributed by atoms with E-state index in [2.05, 4.69) is 27.6 Å². The second kappa shape index (κ2) is 18.2. The number of thiazole rings is 1. The molecule has 0 saturated carbocycles. The van der Waals surface area contributed by atoms with Crippen molar-refractivity contribution in [1.82, 2.24) is 0 Å². The van der Waals surface area contributed by atoms with Crippen molar-refractivity contribution in [1.29, 1.82) is 0 Å². The molecule has 1 heterocycles. The number of aromatic nitrogens is 1. The van der Waals surface area contributed by atoms with Crippen LogP contribution in [0.25, 0.3) is 0 Å². The quantitative estimate of drug-likeness (QED) is 0.0867. The molecule has 216 valence electrons. The molecule has 0 saturated heterocycles. The summed E-state index contributed by atoms with van der Waals surface area (Å²) in [4.78, 5) is 25.0. The zero-order chi connectivity index (χ0) is 28.4. The number of hydrogen-bond acceptors (Lipinski definition) is 4. The van der Waals surface area contributed by atoms with Crippen LogP contribution in [0.15, 0.2) is 59.6 Å². The average Bonchev–Trinajstić information content (AvgIpc) is 3.46. The van der Waals surface area contributed by atoms with Crippen LogP contribution in [0.1, 0.15) is 107 Å². The van der Waals surface area contributed by atoms with E-state index in [0.29, 0.717) is 29.3 Å². The van der Waals surface area contributed by atoms with Crippen molar-refractivity contribution >= 4 is 34.5 Å². The molecule has 0 aliphatic heterocycles. The van der Waals surface area contributed by atoms with E-state index in [1.165, 1.54) is 71.1 Å². The number of anilines is 2. The molecule has 2 N–H and O–H groups in total. The number of nitrogens with zero attached hydrogens (tertiary/aromatic N) is 1. The van der Waals surface area contributed by atoms with Gasteiger partial charge in [-0.05, 0) is 37.6 Å². The molecule has 2 amide bonds. The Kier molecular flexibility index (Phi) is 14.3. The minimum Gasteiger partial charge on any atom is -0.491 e. The number of Topliss-reactive ketones (excluding diaryl/α,β-unsaturated/α-hetero) is 1. The summed E-state index contributed by atoms with van der Waals surface area (Å²) >= 11 is 1.65. The van der Waals surface area contributed by atoms with Crippen LogP contribution in [0.2, 0.25) is 0 Å². The molecule has 3 rings (SSSR count). The highest BCUT2D eigenvalue weighted by molar-refractivity contribution is 7.07. The van der Waals surface area contributed by atoms with Crippen molar-refractivity contribution in [3.8, 4) is 5.75 Å². The summed E-state index contributed by atoms with van der Waals surface area (Å²) in [5, 5.41) is 7.79. The first-order valence-electron chi connectivity index (χ1n) is 14.9. The molecule has 0 unspecified atom stereocenters. The highest BCUT2D eigenvalue weighted by Crippen LogP contribution is 2.30. The number of nitrogens with one attached hydrogen (secondary N) is 2. The Hall–Kier alpha value is -3.19. The number of ether oxygens (including phenoxy) is 1. The van der Waals surface area contributed by atoms with Gasteiger partial charge in [-0.25, -0.2) is 4.79 Å². The number of unbranched alkanes of at least 4 members (excludes halogenated alkanes) is 11. The first-order valence-corrected chi connectivity index (χ1v) is 15.9. The zero-order valence-corrected chi connectivity index (χ0v) is 25.1. The first kappa shape index (κ1) is 31.3. The number of benzene rings is 2. The van der Waals surface area contributed by atoms with E-state index in [4.69, 9.17) is 4.74 Å². The van der Waals surface area contributed by atoms with Gasteiger partial charge in [-0.3, -0.25) is 4.79 Å². The van der Waals surface area contributed by atoms with Gasteiger partial charge in [0.2, 0.25) is 5.51 Å². The third-order valence-corrected chi connectivity index (χ3v) is 7.66. The fourth-order valence-electron chi connectivity index (χ4n) is 4.73. The Balaban J connectivity index is 1.41.